The molecule has 0 aliphatic carbocycles. The molecule has 0 unspecified atom stereocenters. The van der Waals surface area contributed by atoms with Crippen LogP contribution < -0.4 is 10.5 Å². The molecule has 21 heavy (non-hydrogen) atoms. The number of hydrogen-bond donors (Lipinski definition) is 2. The number of sulfonamides is 1. The van der Waals surface area contributed by atoms with Crippen LogP contribution in [0.2, 0.25) is 0 Å². The number of ether oxygens (including phenoxy) is 1. The van der Waals surface area contributed by atoms with E-state index in [1.54, 1.807) is 26.2 Å². The average molecular weight is 315 g/mol. The van der Waals surface area contributed by atoms with Gasteiger partial charge in [0, 0.05) is 32.4 Å². The second kappa shape index (κ2) is 7.74. The van der Waals surface area contributed by atoms with Gasteiger partial charge in [0.25, 0.3) is 0 Å². The van der Waals surface area contributed by atoms with Crippen molar-refractivity contribution in [3.8, 4) is 0 Å². The van der Waals surface area contributed by atoms with Gasteiger partial charge in [0.05, 0.1) is 11.5 Å². The minimum Gasteiger partial charge on any atom is -0.398 e. The van der Waals surface area contributed by atoms with Crippen LogP contribution in [0.3, 0.4) is 0 Å². The zero-order valence-electron chi connectivity index (χ0n) is 13.1. The lowest BCUT2D eigenvalue weighted by atomic mass is 10.1. The Bertz CT molecular complexity index is 573. The third kappa shape index (κ3) is 5.28. The fraction of sp³-hybridized carbons (Fsp3) is 0.571. The van der Waals surface area contributed by atoms with Gasteiger partial charge in [0.1, 0.15) is 0 Å². The minimum atomic E-state index is -3.54. The molecule has 1 rings (SSSR count). The maximum atomic E-state index is 12.3. The quantitative estimate of drug-likeness (QED) is 0.691. The van der Waals surface area contributed by atoms with E-state index in [0.29, 0.717) is 30.9 Å². The Labute approximate surface area is 127 Å². The van der Waals surface area contributed by atoms with Crippen molar-refractivity contribution in [2.45, 2.75) is 18.7 Å². The summed E-state index contributed by atoms with van der Waals surface area (Å²) in [6.07, 6.45) is 0. The van der Waals surface area contributed by atoms with Crippen LogP contribution in [0.25, 0.3) is 0 Å². The number of rotatable bonds is 8. The molecule has 0 bridgehead atoms. The normalized spacial score (nSPS) is 12.0. The first-order valence-electron chi connectivity index (χ1n) is 6.82. The summed E-state index contributed by atoms with van der Waals surface area (Å²) in [4.78, 5) is 2.25. The lowest BCUT2D eigenvalue weighted by molar-refractivity contribution is 0.162. The van der Waals surface area contributed by atoms with E-state index in [1.165, 1.54) is 0 Å². The van der Waals surface area contributed by atoms with E-state index < -0.39 is 10.0 Å². The van der Waals surface area contributed by atoms with E-state index >= 15 is 0 Å². The molecule has 0 heterocycles. The van der Waals surface area contributed by atoms with Crippen molar-refractivity contribution in [2.75, 3.05) is 46.1 Å². The third-order valence-electron chi connectivity index (χ3n) is 3.30. The zero-order valence-corrected chi connectivity index (χ0v) is 14.0. The van der Waals surface area contributed by atoms with Gasteiger partial charge in [-0.3, -0.25) is 0 Å². The molecule has 0 atom stereocenters. The molecule has 6 nitrogen and oxygen atoms in total. The minimum absolute atomic E-state index is 0.250. The number of nitrogens with one attached hydrogen (secondary N) is 1. The summed E-state index contributed by atoms with van der Waals surface area (Å²) >= 11 is 0. The number of nitrogens with two attached hydrogens (primary N) is 1. The number of benzene rings is 1. The highest BCUT2D eigenvalue weighted by atomic mass is 32.2. The van der Waals surface area contributed by atoms with Crippen LogP contribution >= 0.6 is 0 Å². The summed E-state index contributed by atoms with van der Waals surface area (Å²) in [7, 11) is 0.0202. The van der Waals surface area contributed by atoms with E-state index in [2.05, 4.69) is 4.72 Å². The van der Waals surface area contributed by atoms with Crippen molar-refractivity contribution < 1.29 is 13.2 Å². The summed E-state index contributed by atoms with van der Waals surface area (Å²) in [5, 5.41) is 0. The predicted octanol–water partition coefficient (Wildman–Crippen LogP) is 0.742. The summed E-state index contributed by atoms with van der Waals surface area (Å²) < 4.78 is 32.3. The van der Waals surface area contributed by atoms with E-state index in [1.807, 2.05) is 18.9 Å². The fourth-order valence-corrected chi connectivity index (χ4v) is 3.32. The molecule has 1 aromatic rings. The average Bonchev–Trinajstić information content (AvgIpc) is 2.40. The molecule has 0 saturated heterocycles. The number of nitrogen functional groups attached to an aromatic ring is 1. The maximum absolute atomic E-state index is 12.3. The van der Waals surface area contributed by atoms with Gasteiger partial charge >= 0.3 is 0 Å². The first kappa shape index (κ1) is 17.9. The Morgan fingerprint density at radius 1 is 1.29 bits per heavy atom. The van der Waals surface area contributed by atoms with Crippen LogP contribution in [-0.2, 0) is 14.8 Å². The van der Waals surface area contributed by atoms with Crippen molar-refractivity contribution in [1.82, 2.24) is 9.62 Å². The van der Waals surface area contributed by atoms with Crippen molar-refractivity contribution in [1.29, 1.82) is 0 Å². The van der Waals surface area contributed by atoms with Crippen LogP contribution in [0, 0.1) is 13.8 Å². The first-order chi connectivity index (χ1) is 9.77. The molecule has 0 spiro atoms. The molecule has 1 aromatic carbocycles. The van der Waals surface area contributed by atoms with Gasteiger partial charge < -0.3 is 15.4 Å². The summed E-state index contributed by atoms with van der Waals surface area (Å²) in [6, 6.07) is 3.41. The van der Waals surface area contributed by atoms with Gasteiger partial charge in [-0.25, -0.2) is 13.1 Å². The predicted molar refractivity (Wildman–Crippen MR) is 84.9 cm³/mol. The van der Waals surface area contributed by atoms with Gasteiger partial charge in [-0.2, -0.15) is 0 Å². The molecule has 0 radical (unpaired) electrons. The number of hydrogen-bond acceptors (Lipinski definition) is 5. The van der Waals surface area contributed by atoms with Gasteiger partial charge in [-0.1, -0.05) is 0 Å². The molecule has 0 aromatic heterocycles. The van der Waals surface area contributed by atoms with E-state index in [-0.39, 0.29) is 4.90 Å². The van der Waals surface area contributed by atoms with Gasteiger partial charge in [0.15, 0.2) is 0 Å². The maximum Gasteiger partial charge on any atom is 0.240 e. The monoisotopic (exact) mass is 315 g/mol. The van der Waals surface area contributed by atoms with Crippen LogP contribution in [-0.4, -0.2) is 53.7 Å². The van der Waals surface area contributed by atoms with E-state index in [9.17, 15) is 8.42 Å². The molecule has 7 heteroatoms. The summed E-state index contributed by atoms with van der Waals surface area (Å²) in [6.45, 7) is 5.88. The largest absolute Gasteiger partial charge is 0.398 e. The molecular weight excluding hydrogens is 290 g/mol. The van der Waals surface area contributed by atoms with Crippen LogP contribution in [0.15, 0.2) is 17.0 Å². The van der Waals surface area contributed by atoms with Gasteiger partial charge in [0.2, 0.25) is 10.0 Å². The lowest BCUT2D eigenvalue weighted by Crippen LogP contribution is -2.34. The number of methoxy groups -OCH3 is 1. The Hall–Kier alpha value is -1.15. The first-order valence-corrected chi connectivity index (χ1v) is 8.30. The van der Waals surface area contributed by atoms with E-state index in [0.717, 1.165) is 12.1 Å². The molecule has 0 fully saturated rings. The van der Waals surface area contributed by atoms with Crippen molar-refractivity contribution >= 4 is 15.7 Å². The molecule has 0 amide bonds. The number of likely N-dealkylation sites (N-methyl/N-ethyl adjacent to an activating group) is 1. The molecule has 0 aliphatic rings. The fourth-order valence-electron chi connectivity index (χ4n) is 1.94. The Balaban J connectivity index is 2.70. The zero-order chi connectivity index (χ0) is 16.0. The molecule has 0 aliphatic heterocycles. The van der Waals surface area contributed by atoms with Crippen LogP contribution in [0.4, 0.5) is 5.69 Å². The third-order valence-corrected chi connectivity index (χ3v) is 4.88. The highest BCUT2D eigenvalue weighted by Gasteiger charge is 2.18. The van der Waals surface area contributed by atoms with Crippen molar-refractivity contribution in [2.24, 2.45) is 0 Å². The second-order valence-electron chi connectivity index (χ2n) is 5.17. The SMILES string of the molecule is COCCN(C)CCNS(=O)(=O)c1cc(C)cc(N)c1C. The van der Waals surface area contributed by atoms with Crippen LogP contribution in [0.5, 0.6) is 0 Å². The van der Waals surface area contributed by atoms with Crippen molar-refractivity contribution in [3.05, 3.63) is 23.3 Å². The molecule has 120 valence electrons. The standard InChI is InChI=1S/C14H25N3O3S/c1-11-9-13(15)12(2)14(10-11)21(18,19)16-5-6-17(3)7-8-20-4/h9-10,16H,5-8,15H2,1-4H3. The second-order valence-corrected chi connectivity index (χ2v) is 6.91. The Morgan fingerprint density at radius 3 is 2.57 bits per heavy atom. The smallest absolute Gasteiger partial charge is 0.240 e. The number of nitrogens with zero attached hydrogens (tertiary/aromatic N) is 1. The topological polar surface area (TPSA) is 84.7 Å². The van der Waals surface area contributed by atoms with Gasteiger partial charge in [-0.05, 0) is 44.2 Å². The number of anilines is 1. The summed E-state index contributed by atoms with van der Waals surface area (Å²) in [5.74, 6) is 0. The van der Waals surface area contributed by atoms with Crippen LogP contribution in [0.1, 0.15) is 11.1 Å². The van der Waals surface area contributed by atoms with Crippen molar-refractivity contribution in [3.63, 3.8) is 0 Å². The molecule has 0 saturated carbocycles. The number of aryl methyl sites for hydroxylation is 1. The van der Waals surface area contributed by atoms with E-state index in [4.69, 9.17) is 10.5 Å². The molecule has 3 N–H and O–H groups in total. The Morgan fingerprint density at radius 2 is 1.95 bits per heavy atom. The van der Waals surface area contributed by atoms with Gasteiger partial charge in [-0.15, -0.1) is 0 Å². The highest BCUT2D eigenvalue weighted by molar-refractivity contribution is 7.89. The highest BCUT2D eigenvalue weighted by Crippen LogP contribution is 2.22. The lowest BCUT2D eigenvalue weighted by Gasteiger charge is -2.17. The molecular formula is C14H25N3O3S. The Kier molecular flexibility index (Phi) is 6.60. The summed E-state index contributed by atoms with van der Waals surface area (Å²) in [5.41, 5.74) is 7.74.